The van der Waals surface area contributed by atoms with Crippen LogP contribution < -0.4 is 0 Å². The van der Waals surface area contributed by atoms with E-state index in [1.54, 1.807) is 0 Å². The smallest absolute Gasteiger partial charge is 0.318 e. The van der Waals surface area contributed by atoms with Crippen LogP contribution in [0, 0.1) is 46.3 Å². The molecule has 4 fully saturated rings. The Kier molecular flexibility index (Phi) is 5.34. The fraction of sp³-hybridized carbons (Fsp3) is 0.724. The van der Waals surface area contributed by atoms with Gasteiger partial charge in [0.25, 0.3) is 0 Å². The maximum atomic E-state index is 12.8. The first-order chi connectivity index (χ1) is 17.0. The second kappa shape index (κ2) is 8.03. The van der Waals surface area contributed by atoms with Crippen molar-refractivity contribution in [2.75, 3.05) is 0 Å². The maximum absolute atomic E-state index is 12.8. The third kappa shape index (κ3) is 3.30. The average Bonchev–Trinajstić information content (AvgIpc) is 3.26. The molecule has 36 heavy (non-hydrogen) atoms. The number of hydrogen-bond acceptors (Lipinski definition) is 7. The van der Waals surface area contributed by atoms with E-state index in [9.17, 15) is 19.2 Å². The van der Waals surface area contributed by atoms with Gasteiger partial charge in [-0.15, -0.1) is 0 Å². The first-order valence-corrected chi connectivity index (χ1v) is 13.6. The van der Waals surface area contributed by atoms with E-state index in [1.807, 2.05) is 0 Å². The van der Waals surface area contributed by atoms with Gasteiger partial charge >= 0.3 is 23.9 Å². The summed E-state index contributed by atoms with van der Waals surface area (Å²) >= 11 is 0. The molecule has 0 radical (unpaired) electrons. The summed E-state index contributed by atoms with van der Waals surface area (Å²) in [4.78, 5) is 48.9. The van der Waals surface area contributed by atoms with Gasteiger partial charge in [-0.3, -0.25) is 19.2 Å². The van der Waals surface area contributed by atoms with Crippen LogP contribution >= 0.6 is 0 Å². The highest BCUT2D eigenvalue weighted by Crippen LogP contribution is 2.70. The molecular weight excluding hydrogens is 460 g/mol. The van der Waals surface area contributed by atoms with Gasteiger partial charge < -0.3 is 14.2 Å². The van der Waals surface area contributed by atoms with Crippen molar-refractivity contribution in [1.82, 2.24) is 0 Å². The van der Waals surface area contributed by atoms with Crippen LogP contribution in [0.4, 0.5) is 0 Å². The molecule has 0 aromatic carbocycles. The largest absolute Gasteiger partial charge is 0.462 e. The van der Waals surface area contributed by atoms with Gasteiger partial charge in [0.2, 0.25) is 0 Å². The lowest BCUT2D eigenvalue weighted by atomic mass is 9.47. The Labute approximate surface area is 212 Å². The summed E-state index contributed by atoms with van der Waals surface area (Å²) in [6.07, 6.45) is 9.23. The Hall–Kier alpha value is -2.44. The quantitative estimate of drug-likeness (QED) is 0.238. The lowest BCUT2D eigenvalue weighted by Crippen LogP contribution is -2.50. The standard InChI is InChI=1S/C29H36O7/c1-14(30)34-17-7-9-28(3)16(11-17)5-6-18-21(28)8-10-29(4)22(18)12-19-24-20(26(32)36-27(24)33)13-23(25(19)29)35-15(2)31/h5,17-22,24H,6-13H2,1-4H3/t17-,18-,19+,20-,21+,22+,24-,28+,29+/m1/s1. The number of cyclic esters (lactones) is 2. The molecule has 6 rings (SSSR count). The number of esters is 4. The fourth-order valence-corrected chi connectivity index (χ4v) is 9.51. The van der Waals surface area contributed by atoms with E-state index < -0.39 is 23.8 Å². The summed E-state index contributed by atoms with van der Waals surface area (Å²) in [5, 5.41) is 0. The summed E-state index contributed by atoms with van der Waals surface area (Å²) in [6, 6.07) is 0. The predicted octanol–water partition coefficient (Wildman–Crippen LogP) is 4.64. The first kappa shape index (κ1) is 23.9. The van der Waals surface area contributed by atoms with Gasteiger partial charge in [-0.1, -0.05) is 25.5 Å². The summed E-state index contributed by atoms with van der Waals surface area (Å²) in [7, 11) is 0. The van der Waals surface area contributed by atoms with Crippen molar-refractivity contribution in [2.24, 2.45) is 46.3 Å². The molecule has 3 saturated carbocycles. The molecule has 0 unspecified atom stereocenters. The van der Waals surface area contributed by atoms with Gasteiger partial charge in [-0.25, -0.2) is 0 Å². The molecule has 9 atom stereocenters. The first-order valence-electron chi connectivity index (χ1n) is 13.6. The van der Waals surface area contributed by atoms with Crippen LogP contribution in [0.2, 0.25) is 0 Å². The highest BCUT2D eigenvalue weighted by Gasteiger charge is 2.65. The number of rotatable bonds is 2. The topological polar surface area (TPSA) is 96.0 Å². The molecule has 0 aromatic rings. The van der Waals surface area contributed by atoms with Gasteiger partial charge in [0.15, 0.2) is 0 Å². The van der Waals surface area contributed by atoms with Gasteiger partial charge in [0, 0.05) is 26.7 Å². The molecule has 0 bridgehead atoms. The van der Waals surface area contributed by atoms with E-state index in [-0.39, 0.29) is 41.2 Å². The normalized spacial score (nSPS) is 44.9. The lowest BCUT2D eigenvalue weighted by molar-refractivity contribution is -0.154. The van der Waals surface area contributed by atoms with E-state index in [4.69, 9.17) is 14.2 Å². The number of hydrogen-bond donors (Lipinski definition) is 0. The number of carbonyl (C=O) groups is 4. The molecule has 194 valence electrons. The third-order valence-corrected chi connectivity index (χ3v) is 10.9. The molecule has 0 aromatic heterocycles. The van der Waals surface area contributed by atoms with Crippen LogP contribution in [-0.4, -0.2) is 30.0 Å². The van der Waals surface area contributed by atoms with Gasteiger partial charge in [-0.05, 0) is 78.6 Å². The summed E-state index contributed by atoms with van der Waals surface area (Å²) < 4.78 is 16.4. The maximum Gasteiger partial charge on any atom is 0.318 e. The number of allylic oxidation sites excluding steroid dienone is 3. The van der Waals surface area contributed by atoms with Gasteiger partial charge in [0.1, 0.15) is 11.9 Å². The summed E-state index contributed by atoms with van der Waals surface area (Å²) in [6.45, 7) is 7.59. The second-order valence-electron chi connectivity index (χ2n) is 12.5. The Morgan fingerprint density at radius 1 is 0.944 bits per heavy atom. The predicted molar refractivity (Wildman–Crippen MR) is 128 cm³/mol. The zero-order valence-corrected chi connectivity index (χ0v) is 21.6. The SMILES string of the molecule is CC(=O)OC1=C2[C@@H](C[C@H]3[C@@H]4CC=C5C[C@H](OC(C)=O)CC[C@]5(C)[C@H]4CC[C@]23C)[C@H]2C(=O)OC(=O)[C@@H]2C1. The minimum absolute atomic E-state index is 0.0270. The van der Waals surface area contributed by atoms with E-state index in [2.05, 4.69) is 19.9 Å². The van der Waals surface area contributed by atoms with E-state index >= 15 is 0 Å². The third-order valence-electron chi connectivity index (χ3n) is 10.9. The number of fused-ring (bicyclic) bond motifs is 9. The van der Waals surface area contributed by atoms with Crippen molar-refractivity contribution in [3.05, 3.63) is 23.0 Å². The molecule has 5 aliphatic carbocycles. The fourth-order valence-electron chi connectivity index (χ4n) is 9.51. The van der Waals surface area contributed by atoms with Gasteiger partial charge in [-0.2, -0.15) is 0 Å². The van der Waals surface area contributed by atoms with Crippen LogP contribution in [0.15, 0.2) is 23.0 Å². The molecule has 0 amide bonds. The Balaban J connectivity index is 1.36. The molecule has 1 aliphatic heterocycles. The minimum Gasteiger partial charge on any atom is -0.462 e. The highest BCUT2D eigenvalue weighted by atomic mass is 16.6. The number of ether oxygens (including phenoxy) is 3. The second-order valence-corrected chi connectivity index (χ2v) is 12.5. The van der Waals surface area contributed by atoms with Crippen molar-refractivity contribution >= 4 is 23.9 Å². The molecular formula is C29H36O7. The van der Waals surface area contributed by atoms with Crippen LogP contribution in [0.25, 0.3) is 0 Å². The van der Waals surface area contributed by atoms with Crippen LogP contribution in [-0.2, 0) is 33.4 Å². The van der Waals surface area contributed by atoms with E-state index in [0.29, 0.717) is 23.5 Å². The van der Waals surface area contributed by atoms with E-state index in [0.717, 1.165) is 50.5 Å². The molecule has 0 spiro atoms. The zero-order valence-electron chi connectivity index (χ0n) is 21.6. The van der Waals surface area contributed by atoms with Crippen LogP contribution in [0.3, 0.4) is 0 Å². The summed E-state index contributed by atoms with van der Waals surface area (Å²) in [5.41, 5.74) is 2.47. The molecule has 1 heterocycles. The van der Waals surface area contributed by atoms with Crippen LogP contribution in [0.5, 0.6) is 0 Å². The van der Waals surface area contributed by atoms with Crippen LogP contribution in [0.1, 0.15) is 79.1 Å². The molecule has 7 nitrogen and oxygen atoms in total. The average molecular weight is 497 g/mol. The highest BCUT2D eigenvalue weighted by molar-refractivity contribution is 5.97. The van der Waals surface area contributed by atoms with Crippen molar-refractivity contribution in [3.8, 4) is 0 Å². The lowest BCUT2D eigenvalue weighted by Gasteiger charge is -2.57. The Morgan fingerprint density at radius 3 is 2.42 bits per heavy atom. The monoisotopic (exact) mass is 496 g/mol. The van der Waals surface area contributed by atoms with E-state index in [1.165, 1.54) is 19.4 Å². The molecule has 7 heteroatoms. The number of carbonyl (C=O) groups excluding carboxylic acids is 4. The summed E-state index contributed by atoms with van der Waals surface area (Å²) in [5.74, 6) is -0.634. The van der Waals surface area contributed by atoms with Crippen molar-refractivity contribution in [2.45, 2.75) is 85.2 Å². The molecule has 6 aliphatic rings. The van der Waals surface area contributed by atoms with Gasteiger partial charge in [0.05, 0.1) is 11.8 Å². The van der Waals surface area contributed by atoms with Crippen molar-refractivity contribution < 1.29 is 33.4 Å². The molecule has 0 N–H and O–H groups in total. The zero-order chi connectivity index (χ0) is 25.6. The molecule has 1 saturated heterocycles. The minimum atomic E-state index is -0.549. The Morgan fingerprint density at radius 2 is 1.69 bits per heavy atom. The van der Waals surface area contributed by atoms with Crippen molar-refractivity contribution in [1.29, 1.82) is 0 Å². The Bertz CT molecular complexity index is 1120. The van der Waals surface area contributed by atoms with Crippen molar-refractivity contribution in [3.63, 3.8) is 0 Å².